The summed E-state index contributed by atoms with van der Waals surface area (Å²) in [6.45, 7) is 4.13. The number of esters is 4. The molecule has 0 bridgehead atoms. The van der Waals surface area contributed by atoms with Crippen molar-refractivity contribution in [2.24, 2.45) is 41.2 Å². The fourth-order valence-electron chi connectivity index (χ4n) is 6.42. The summed E-state index contributed by atoms with van der Waals surface area (Å²) in [5.41, 5.74) is 5.37. The number of ether oxygens (including phenoxy) is 4. The molecule has 0 aliphatic heterocycles. The van der Waals surface area contributed by atoms with Gasteiger partial charge in [-0.2, -0.15) is 0 Å². The molecule has 10 nitrogen and oxygen atoms in total. The van der Waals surface area contributed by atoms with E-state index in [1.807, 2.05) is 13.8 Å². The van der Waals surface area contributed by atoms with E-state index >= 15 is 0 Å². The average Bonchev–Trinajstić information content (AvgIpc) is 3.38. The Kier molecular flexibility index (Phi) is 10.5. The lowest BCUT2D eigenvalue weighted by Crippen LogP contribution is -2.59. The van der Waals surface area contributed by atoms with Crippen molar-refractivity contribution in [3.63, 3.8) is 0 Å². The zero-order valence-electron chi connectivity index (χ0n) is 24.2. The highest BCUT2D eigenvalue weighted by Crippen LogP contribution is 2.64. The Morgan fingerprint density at radius 2 is 1.69 bits per heavy atom. The molecule has 3 aliphatic rings. The second-order valence-corrected chi connectivity index (χ2v) is 12.5. The number of carbonyl (C=O) groups excluding carboxylic acids is 4. The van der Waals surface area contributed by atoms with Gasteiger partial charge in [-0.1, -0.05) is 26.7 Å². The minimum absolute atomic E-state index is 0.180. The Morgan fingerprint density at radius 1 is 1.05 bits per heavy atom. The minimum atomic E-state index is -1.79. The van der Waals surface area contributed by atoms with Crippen LogP contribution >= 0.6 is 11.8 Å². The molecule has 0 unspecified atom stereocenters. The molecule has 3 fully saturated rings. The van der Waals surface area contributed by atoms with Gasteiger partial charge in [0.05, 0.1) is 23.9 Å². The lowest BCUT2D eigenvalue weighted by molar-refractivity contribution is -0.176. The van der Waals surface area contributed by atoms with E-state index in [1.54, 1.807) is 19.1 Å². The normalized spacial score (nSPS) is 28.3. The summed E-state index contributed by atoms with van der Waals surface area (Å²) in [5.74, 6) is -6.44. The topological polar surface area (TPSA) is 151 Å². The minimum Gasteiger partial charge on any atom is -0.428 e. The van der Waals surface area contributed by atoms with Gasteiger partial charge in [0.25, 0.3) is 0 Å². The van der Waals surface area contributed by atoms with Crippen LogP contribution in [0.2, 0.25) is 0 Å². The fourth-order valence-corrected chi connectivity index (χ4v) is 7.69. The molecule has 6 atom stereocenters. The Hall–Kier alpha value is -2.70. The summed E-state index contributed by atoms with van der Waals surface area (Å²) in [7, 11) is 0. The molecule has 3 saturated carbocycles. The largest absolute Gasteiger partial charge is 0.428 e. The molecule has 0 saturated heterocycles. The van der Waals surface area contributed by atoms with Crippen LogP contribution < -0.4 is 5.73 Å². The summed E-state index contributed by atoms with van der Waals surface area (Å²) in [4.78, 5) is 51.5. The van der Waals surface area contributed by atoms with Gasteiger partial charge in [-0.3, -0.25) is 14.4 Å². The van der Waals surface area contributed by atoms with Crippen molar-refractivity contribution in [3.05, 3.63) is 29.6 Å². The smallest absolute Gasteiger partial charge is 0.329 e. The first-order valence-corrected chi connectivity index (χ1v) is 15.6. The quantitative estimate of drug-likeness (QED) is 0.192. The third-order valence-corrected chi connectivity index (χ3v) is 10.1. The Morgan fingerprint density at radius 3 is 2.33 bits per heavy atom. The van der Waals surface area contributed by atoms with Gasteiger partial charge in [-0.25, -0.2) is 9.18 Å². The van der Waals surface area contributed by atoms with Gasteiger partial charge < -0.3 is 29.8 Å². The van der Waals surface area contributed by atoms with Crippen LogP contribution in [0.4, 0.5) is 4.39 Å². The van der Waals surface area contributed by atoms with E-state index in [9.17, 15) is 28.7 Å². The van der Waals surface area contributed by atoms with Crippen LogP contribution in [0.5, 0.6) is 0 Å². The van der Waals surface area contributed by atoms with Gasteiger partial charge in [0.2, 0.25) is 13.6 Å². The van der Waals surface area contributed by atoms with Crippen LogP contribution in [0.1, 0.15) is 57.9 Å². The molecule has 232 valence electrons. The molecule has 4 rings (SSSR count). The average molecular weight is 610 g/mol. The van der Waals surface area contributed by atoms with E-state index in [-0.39, 0.29) is 23.4 Å². The van der Waals surface area contributed by atoms with Crippen molar-refractivity contribution >= 4 is 35.6 Å². The number of halogens is 1. The number of rotatable bonds is 13. The maximum Gasteiger partial charge on any atom is 0.329 e. The van der Waals surface area contributed by atoms with E-state index in [0.717, 1.165) is 30.6 Å². The van der Waals surface area contributed by atoms with Gasteiger partial charge in [0.15, 0.2) is 0 Å². The van der Waals surface area contributed by atoms with Crippen molar-refractivity contribution in [2.75, 3.05) is 19.3 Å². The number of aliphatic hydroxyl groups is 1. The zero-order chi connectivity index (χ0) is 30.6. The molecule has 12 heteroatoms. The van der Waals surface area contributed by atoms with Crippen molar-refractivity contribution in [1.82, 2.24) is 0 Å². The maximum absolute atomic E-state index is 13.8. The lowest BCUT2D eigenvalue weighted by atomic mass is 9.81. The highest BCUT2D eigenvalue weighted by molar-refractivity contribution is 7.99. The van der Waals surface area contributed by atoms with E-state index in [4.69, 9.17) is 24.7 Å². The summed E-state index contributed by atoms with van der Waals surface area (Å²) >= 11 is 1.29. The third kappa shape index (κ3) is 6.60. The first-order valence-electron chi connectivity index (χ1n) is 14.6. The standard InChI is InChI=1S/C30H40FNO9S/c1-4-17(5-2)26(34)39-15-41-29(37)30(32)20(13-42-19-10-11-21(31)16(3)12-19)25(33)22-23(24(22)30)28(36)40-14-38-27(35)18-8-6-7-9-18/h10-12,17-18,20,22-25,33H,4-9,13-15,32H2,1-3H3/t20-,22+,23+,24+,25-,30+/m1/s1. The van der Waals surface area contributed by atoms with E-state index in [1.165, 1.54) is 17.8 Å². The number of aliphatic hydroxyl groups excluding tert-OH is 1. The van der Waals surface area contributed by atoms with Crippen molar-refractivity contribution < 1.29 is 47.6 Å². The summed E-state index contributed by atoms with van der Waals surface area (Å²) in [5, 5.41) is 11.2. The number of hydrogen-bond acceptors (Lipinski definition) is 11. The van der Waals surface area contributed by atoms with Crippen LogP contribution in [0.15, 0.2) is 23.1 Å². The van der Waals surface area contributed by atoms with Gasteiger partial charge in [0, 0.05) is 28.4 Å². The first kappa shape index (κ1) is 32.2. The second kappa shape index (κ2) is 13.7. The number of benzene rings is 1. The summed E-state index contributed by atoms with van der Waals surface area (Å²) in [6, 6.07) is 4.59. The predicted octanol–water partition coefficient (Wildman–Crippen LogP) is 3.49. The second-order valence-electron chi connectivity index (χ2n) is 11.4. The van der Waals surface area contributed by atoms with E-state index in [2.05, 4.69) is 0 Å². The SMILES string of the molecule is CCC(CC)C(=O)OCOC(=O)[C@@]1(N)[C@@H]2[C@@H](C(=O)OCOC(=O)C3CCCC3)[C@@H]2[C@H](O)[C@H]1CSc1ccc(F)c(C)c1. The van der Waals surface area contributed by atoms with Gasteiger partial charge in [0.1, 0.15) is 11.4 Å². The Balaban J connectivity index is 1.42. The van der Waals surface area contributed by atoms with Crippen LogP contribution in [0.25, 0.3) is 0 Å². The highest BCUT2D eigenvalue weighted by atomic mass is 32.2. The number of aryl methyl sites for hydroxylation is 1. The molecule has 0 spiro atoms. The predicted molar refractivity (Wildman–Crippen MR) is 149 cm³/mol. The molecule has 0 amide bonds. The Labute approximate surface area is 249 Å². The molecule has 1 aromatic carbocycles. The fraction of sp³-hybridized carbons (Fsp3) is 0.667. The molecule has 0 heterocycles. The molecule has 0 aromatic heterocycles. The van der Waals surface area contributed by atoms with Crippen LogP contribution in [-0.2, 0) is 38.1 Å². The van der Waals surface area contributed by atoms with E-state index in [0.29, 0.717) is 18.4 Å². The van der Waals surface area contributed by atoms with E-state index < -0.39 is 72.8 Å². The number of nitrogens with two attached hydrogens (primary N) is 1. The Bertz CT molecular complexity index is 1170. The lowest BCUT2D eigenvalue weighted by Gasteiger charge is -2.34. The van der Waals surface area contributed by atoms with Gasteiger partial charge in [-0.05, 0) is 56.4 Å². The molecule has 3 N–H and O–H groups in total. The van der Waals surface area contributed by atoms with Gasteiger partial charge in [-0.15, -0.1) is 11.8 Å². The maximum atomic E-state index is 13.8. The van der Waals surface area contributed by atoms with Crippen molar-refractivity contribution in [1.29, 1.82) is 0 Å². The number of carbonyl (C=O) groups is 4. The van der Waals surface area contributed by atoms with Crippen LogP contribution in [-0.4, -0.2) is 60.0 Å². The molecule has 1 aromatic rings. The van der Waals surface area contributed by atoms with Crippen LogP contribution in [0, 0.1) is 48.2 Å². The molecule has 3 aliphatic carbocycles. The van der Waals surface area contributed by atoms with Crippen molar-refractivity contribution in [3.8, 4) is 0 Å². The molecular formula is C30H40FNO9S. The van der Waals surface area contributed by atoms with Crippen molar-refractivity contribution in [2.45, 2.75) is 75.8 Å². The first-order chi connectivity index (χ1) is 20.0. The molecule has 42 heavy (non-hydrogen) atoms. The molecule has 0 radical (unpaired) electrons. The summed E-state index contributed by atoms with van der Waals surface area (Å²) in [6.07, 6.45) is 3.39. The third-order valence-electron chi connectivity index (χ3n) is 9.03. The summed E-state index contributed by atoms with van der Waals surface area (Å²) < 4.78 is 34.5. The van der Waals surface area contributed by atoms with Crippen LogP contribution in [0.3, 0.4) is 0 Å². The molecular weight excluding hydrogens is 569 g/mol. The number of hydrogen-bond donors (Lipinski definition) is 2. The number of fused-ring (bicyclic) bond motifs is 1. The number of thioether (sulfide) groups is 1. The highest BCUT2D eigenvalue weighted by Gasteiger charge is 2.78. The monoisotopic (exact) mass is 609 g/mol. The zero-order valence-corrected chi connectivity index (χ0v) is 25.0. The van der Waals surface area contributed by atoms with Gasteiger partial charge >= 0.3 is 23.9 Å².